The molecule has 3 aromatic rings. The molecule has 3 N–H and O–H groups in total. The predicted molar refractivity (Wildman–Crippen MR) is 139 cm³/mol. The molecule has 1 amide bonds. The van der Waals surface area contributed by atoms with Crippen LogP contribution >= 0.6 is 0 Å². The summed E-state index contributed by atoms with van der Waals surface area (Å²) in [5.74, 6) is -2.07. The number of rotatable bonds is 12. The molecule has 1 aromatic heterocycles. The van der Waals surface area contributed by atoms with E-state index in [1.165, 1.54) is 39.5 Å². The van der Waals surface area contributed by atoms with Crippen molar-refractivity contribution in [3.63, 3.8) is 0 Å². The number of nitrogens with two attached hydrogens (primary N) is 1. The van der Waals surface area contributed by atoms with Crippen molar-refractivity contribution in [2.24, 2.45) is 5.73 Å². The summed E-state index contributed by atoms with van der Waals surface area (Å²) in [7, 11) is 4.11. The Labute approximate surface area is 230 Å². The smallest absolute Gasteiger partial charge is 0.433 e. The largest absolute Gasteiger partial charge is 0.497 e. The molecular weight excluding hydrogens is 558 g/mol. The normalized spacial score (nSPS) is 12.9. The lowest BCUT2D eigenvalue weighted by Crippen LogP contribution is -2.23. The minimum Gasteiger partial charge on any atom is -0.497 e. The van der Waals surface area contributed by atoms with Crippen molar-refractivity contribution in [2.75, 3.05) is 25.6 Å². The fourth-order valence-electron chi connectivity index (χ4n) is 3.90. The number of anilines is 1. The van der Waals surface area contributed by atoms with Crippen molar-refractivity contribution in [2.45, 2.75) is 31.5 Å². The van der Waals surface area contributed by atoms with Gasteiger partial charge in [-0.05, 0) is 54.3 Å². The summed E-state index contributed by atoms with van der Waals surface area (Å²) in [5, 5.41) is 0. The lowest BCUT2D eigenvalue weighted by atomic mass is 9.91. The average Bonchev–Trinajstić information content (AvgIpc) is 2.91. The van der Waals surface area contributed by atoms with E-state index in [2.05, 4.69) is 4.98 Å². The highest BCUT2D eigenvalue weighted by Crippen LogP contribution is 2.33. The van der Waals surface area contributed by atoms with Crippen LogP contribution < -0.4 is 24.2 Å². The van der Waals surface area contributed by atoms with Crippen LogP contribution in [-0.2, 0) is 35.3 Å². The maximum atomic E-state index is 14.6. The van der Waals surface area contributed by atoms with Crippen LogP contribution in [0.15, 0.2) is 48.5 Å². The number of aryl methyl sites for hydroxylation is 1. The van der Waals surface area contributed by atoms with Gasteiger partial charge in [0.05, 0.1) is 25.8 Å². The Kier molecular flexibility index (Phi) is 9.93. The molecule has 3 rings (SSSR count). The van der Waals surface area contributed by atoms with E-state index in [-0.39, 0.29) is 42.1 Å². The molecule has 2 atom stereocenters. The molecule has 2 unspecified atom stereocenters. The van der Waals surface area contributed by atoms with Gasteiger partial charge in [-0.1, -0.05) is 12.1 Å². The first-order chi connectivity index (χ1) is 18.8. The van der Waals surface area contributed by atoms with Crippen LogP contribution in [0.25, 0.3) is 0 Å². The molecule has 0 aliphatic carbocycles. The Morgan fingerprint density at radius 1 is 1.10 bits per heavy atom. The van der Waals surface area contributed by atoms with E-state index in [0.717, 1.165) is 16.4 Å². The second-order valence-corrected chi connectivity index (χ2v) is 9.61. The van der Waals surface area contributed by atoms with Gasteiger partial charge in [0.25, 0.3) is 11.3 Å². The average molecular weight is 586 g/mol. The summed E-state index contributed by atoms with van der Waals surface area (Å²) in [6.45, 7) is -0.166. The topological polar surface area (TPSA) is 124 Å². The van der Waals surface area contributed by atoms with Crippen molar-refractivity contribution in [3.05, 3.63) is 76.7 Å². The van der Waals surface area contributed by atoms with Gasteiger partial charge in [-0.2, -0.15) is 13.2 Å². The number of methoxy groups -OCH3 is 2. The lowest BCUT2D eigenvalue weighted by Gasteiger charge is -2.19. The minimum atomic E-state index is -4.73. The van der Waals surface area contributed by atoms with Gasteiger partial charge in [0, 0.05) is 18.7 Å². The van der Waals surface area contributed by atoms with E-state index in [1.807, 2.05) is 0 Å². The maximum Gasteiger partial charge on any atom is 0.433 e. The van der Waals surface area contributed by atoms with Gasteiger partial charge in [-0.25, -0.2) is 13.6 Å². The van der Waals surface area contributed by atoms with Gasteiger partial charge in [0.1, 0.15) is 29.6 Å². The van der Waals surface area contributed by atoms with Crippen molar-refractivity contribution in [1.29, 1.82) is 0 Å². The number of primary amides is 1. The van der Waals surface area contributed by atoms with Gasteiger partial charge in [-0.3, -0.25) is 13.7 Å². The highest BCUT2D eigenvalue weighted by atomic mass is 32.2. The third kappa shape index (κ3) is 7.60. The van der Waals surface area contributed by atoms with E-state index in [1.54, 1.807) is 18.2 Å². The molecule has 216 valence electrons. The first-order valence-electron chi connectivity index (χ1n) is 11.7. The molecule has 40 heavy (non-hydrogen) atoms. The predicted octanol–water partition coefficient (Wildman–Crippen LogP) is 4.61. The third-order valence-electron chi connectivity index (χ3n) is 6.01. The molecule has 1 heterocycles. The van der Waals surface area contributed by atoms with Crippen molar-refractivity contribution >= 4 is 22.9 Å². The van der Waals surface area contributed by atoms with E-state index >= 15 is 0 Å². The molecule has 14 heteroatoms. The number of amides is 1. The van der Waals surface area contributed by atoms with Gasteiger partial charge < -0.3 is 19.9 Å². The molecule has 0 aliphatic heterocycles. The fraction of sp³-hybridized carbons (Fsp3) is 0.308. The van der Waals surface area contributed by atoms with Crippen LogP contribution in [0.1, 0.15) is 34.7 Å². The minimum absolute atomic E-state index is 0.00766. The Bertz CT molecular complexity index is 1370. The molecule has 0 saturated carbocycles. The summed E-state index contributed by atoms with van der Waals surface area (Å²) >= 11 is -2.47. The van der Waals surface area contributed by atoms with E-state index < -0.39 is 40.8 Å². The number of carbonyl (C=O) groups excluding carboxylic acids is 1. The van der Waals surface area contributed by atoms with Crippen LogP contribution in [0.3, 0.4) is 0 Å². The molecule has 0 bridgehead atoms. The Morgan fingerprint density at radius 3 is 2.27 bits per heavy atom. The number of nitrogens with zero attached hydrogens (tertiary/aromatic N) is 2. The van der Waals surface area contributed by atoms with Crippen LogP contribution in [0, 0.1) is 5.82 Å². The number of aromatic nitrogens is 1. The summed E-state index contributed by atoms with van der Waals surface area (Å²) < 4.78 is 92.2. The summed E-state index contributed by atoms with van der Waals surface area (Å²) in [6.07, 6.45) is -4.72. The van der Waals surface area contributed by atoms with Gasteiger partial charge >= 0.3 is 6.18 Å². The number of alkyl halides is 3. The van der Waals surface area contributed by atoms with Crippen molar-refractivity contribution < 1.29 is 45.3 Å². The van der Waals surface area contributed by atoms with Crippen LogP contribution in [0.2, 0.25) is 0 Å². The van der Waals surface area contributed by atoms with E-state index in [9.17, 15) is 31.1 Å². The number of hydrogen-bond acceptors (Lipinski definition) is 6. The highest BCUT2D eigenvalue weighted by Gasteiger charge is 2.33. The van der Waals surface area contributed by atoms with Gasteiger partial charge in [0.15, 0.2) is 0 Å². The van der Waals surface area contributed by atoms with Gasteiger partial charge in [0.2, 0.25) is 11.8 Å². The molecule has 9 nitrogen and oxygen atoms in total. The number of benzene rings is 2. The molecule has 0 aliphatic rings. The fourth-order valence-corrected chi connectivity index (χ4v) is 4.21. The first kappa shape index (κ1) is 30.6. The maximum absolute atomic E-state index is 14.6. The second-order valence-electron chi connectivity index (χ2n) is 8.60. The number of carbonyl (C=O) groups is 1. The number of halogens is 4. The first-order valence-corrected chi connectivity index (χ1v) is 12.8. The number of hydrogen-bond donors (Lipinski definition) is 2. The summed E-state index contributed by atoms with van der Waals surface area (Å²) in [6, 6.07) is 10.5. The Morgan fingerprint density at radius 2 is 1.75 bits per heavy atom. The second kappa shape index (κ2) is 13.0. The molecule has 0 saturated heterocycles. The molecule has 0 radical (unpaired) electrons. The molecule has 0 spiro atoms. The lowest BCUT2D eigenvalue weighted by molar-refractivity contribution is -0.141. The highest BCUT2D eigenvalue weighted by molar-refractivity contribution is 7.80. The zero-order chi connectivity index (χ0) is 29.6. The quantitative estimate of drug-likeness (QED) is 0.235. The number of pyridine rings is 1. The zero-order valence-corrected chi connectivity index (χ0v) is 22.5. The van der Waals surface area contributed by atoms with E-state index in [4.69, 9.17) is 19.9 Å². The monoisotopic (exact) mass is 585 g/mol. The Hall–Kier alpha value is -3.91. The molecule has 2 aromatic carbocycles. The van der Waals surface area contributed by atoms with Crippen LogP contribution in [-0.4, -0.2) is 40.9 Å². The SMILES string of the molecule is COc1cc(COc2nc(C(F)(F)F)ccc2CCC(C(N)=O)c2ccc(N(C)S(=O)O)c(F)c2)cc(OC)c1. The van der Waals surface area contributed by atoms with Crippen LogP contribution in [0.5, 0.6) is 17.4 Å². The third-order valence-corrected chi connectivity index (χ3v) is 6.67. The molecular formula is C26H27F4N3O6S. The standard InChI is InChI=1S/C26H27F4N3O6S/c1-33(40(35)36)22-8-5-17(12-21(22)27)20(24(31)34)7-4-16-6-9-23(26(28,29)30)32-25(16)39-14-15-10-18(37-2)13-19(11-15)38-3/h5-6,8-13,20H,4,7,14H2,1-3H3,(H2,31,34)(H,35,36). The molecule has 0 fully saturated rings. The van der Waals surface area contributed by atoms with Crippen LogP contribution in [0.4, 0.5) is 23.2 Å². The zero-order valence-electron chi connectivity index (χ0n) is 21.7. The summed E-state index contributed by atoms with van der Waals surface area (Å²) in [5.41, 5.74) is 5.22. The van der Waals surface area contributed by atoms with E-state index in [0.29, 0.717) is 17.1 Å². The Balaban J connectivity index is 1.88. The summed E-state index contributed by atoms with van der Waals surface area (Å²) in [4.78, 5) is 15.9. The van der Waals surface area contributed by atoms with Gasteiger partial charge in [-0.15, -0.1) is 0 Å². The van der Waals surface area contributed by atoms with Crippen molar-refractivity contribution in [1.82, 2.24) is 4.98 Å². The van der Waals surface area contributed by atoms with Crippen molar-refractivity contribution in [3.8, 4) is 17.4 Å². The number of ether oxygens (including phenoxy) is 3.